The van der Waals surface area contributed by atoms with E-state index in [0.29, 0.717) is 24.3 Å². The van der Waals surface area contributed by atoms with Crippen LogP contribution in [0.1, 0.15) is 30.2 Å². The lowest BCUT2D eigenvalue weighted by atomic mass is 10.1. The summed E-state index contributed by atoms with van der Waals surface area (Å²) in [5.41, 5.74) is 6.75. The molecule has 3 rings (SSSR count). The van der Waals surface area contributed by atoms with Crippen LogP contribution in [0.2, 0.25) is 0 Å². The molecule has 0 radical (unpaired) electrons. The molecule has 1 aliphatic heterocycles. The van der Waals surface area contributed by atoms with E-state index < -0.39 is 0 Å². The van der Waals surface area contributed by atoms with Gasteiger partial charge in [0.25, 0.3) is 0 Å². The summed E-state index contributed by atoms with van der Waals surface area (Å²) in [4.78, 5) is 13.3. The second kappa shape index (κ2) is 11.6. The van der Waals surface area contributed by atoms with Crippen molar-refractivity contribution in [2.45, 2.75) is 26.1 Å². The molecule has 1 atom stereocenters. The first-order valence-corrected chi connectivity index (χ1v) is 7.64. The molecule has 0 saturated carbocycles. The highest BCUT2D eigenvalue weighted by Crippen LogP contribution is 2.20. The molecule has 0 aromatic carbocycles. The van der Waals surface area contributed by atoms with Crippen LogP contribution < -0.4 is 5.73 Å². The molecule has 1 fully saturated rings. The van der Waals surface area contributed by atoms with Crippen LogP contribution in [-0.2, 0) is 13.1 Å². The van der Waals surface area contributed by atoms with Gasteiger partial charge in [-0.1, -0.05) is 11.2 Å². The predicted molar refractivity (Wildman–Crippen MR) is 103 cm³/mol. The van der Waals surface area contributed by atoms with Crippen molar-refractivity contribution in [3.63, 3.8) is 0 Å². The number of pyridine rings is 1. The Morgan fingerprint density at radius 3 is 2.48 bits per heavy atom. The van der Waals surface area contributed by atoms with Gasteiger partial charge in [0.1, 0.15) is 0 Å². The van der Waals surface area contributed by atoms with Crippen LogP contribution in [0, 0.1) is 0 Å². The largest absolute Gasteiger partial charge is 0.338 e. The lowest BCUT2D eigenvalue weighted by molar-refractivity contribution is 0.0955. The lowest BCUT2D eigenvalue weighted by Crippen LogP contribution is -2.46. The van der Waals surface area contributed by atoms with Crippen molar-refractivity contribution in [2.75, 3.05) is 26.2 Å². The van der Waals surface area contributed by atoms with E-state index >= 15 is 0 Å². The number of aromatic nitrogens is 3. The van der Waals surface area contributed by atoms with Gasteiger partial charge in [0.2, 0.25) is 5.89 Å². The van der Waals surface area contributed by atoms with E-state index in [0.717, 1.165) is 32.7 Å². The van der Waals surface area contributed by atoms with Crippen molar-refractivity contribution in [2.24, 2.45) is 5.73 Å². The monoisotopic (exact) mass is 410 g/mol. The van der Waals surface area contributed by atoms with Gasteiger partial charge in [0, 0.05) is 44.6 Å². The molecule has 0 spiro atoms. The average Bonchev–Trinajstić information content (AvgIpc) is 3.03. The molecule has 0 aliphatic carbocycles. The van der Waals surface area contributed by atoms with Crippen molar-refractivity contribution in [3.8, 4) is 0 Å². The molecular weight excluding hydrogens is 387 g/mol. The maximum atomic E-state index is 5.48. The number of nitrogens with two attached hydrogens (primary N) is 1. The van der Waals surface area contributed by atoms with Crippen LogP contribution in [0.4, 0.5) is 0 Å². The summed E-state index contributed by atoms with van der Waals surface area (Å²) in [6.07, 6.45) is 3.76. The number of nitrogens with zero attached hydrogens (tertiary/aromatic N) is 5. The zero-order valence-electron chi connectivity index (χ0n) is 14.1. The minimum atomic E-state index is 0. The van der Waals surface area contributed by atoms with Crippen LogP contribution in [0.25, 0.3) is 0 Å². The third-order valence-electron chi connectivity index (χ3n) is 4.17. The predicted octanol–water partition coefficient (Wildman–Crippen LogP) is 2.07. The van der Waals surface area contributed by atoms with Gasteiger partial charge in [-0.05, 0) is 18.6 Å². The van der Waals surface area contributed by atoms with E-state index in [2.05, 4.69) is 37.9 Å². The van der Waals surface area contributed by atoms with Gasteiger partial charge in [-0.3, -0.25) is 14.8 Å². The van der Waals surface area contributed by atoms with E-state index in [1.807, 2.05) is 18.5 Å². The van der Waals surface area contributed by atoms with Crippen molar-refractivity contribution in [1.82, 2.24) is 24.9 Å². The Hall–Kier alpha value is -0.960. The molecule has 3 heterocycles. The zero-order chi connectivity index (χ0) is 15.4. The molecule has 7 nitrogen and oxygen atoms in total. The molecule has 0 bridgehead atoms. The fraction of sp³-hybridized carbons (Fsp3) is 0.533. The van der Waals surface area contributed by atoms with Gasteiger partial charge in [-0.15, -0.1) is 37.2 Å². The molecule has 0 amide bonds. The molecule has 10 heteroatoms. The molecule has 25 heavy (non-hydrogen) atoms. The molecular formula is C15H25Cl3N6O. The van der Waals surface area contributed by atoms with Crippen molar-refractivity contribution in [1.29, 1.82) is 0 Å². The van der Waals surface area contributed by atoms with Crippen LogP contribution in [0.5, 0.6) is 0 Å². The zero-order valence-corrected chi connectivity index (χ0v) is 16.5. The third kappa shape index (κ3) is 6.36. The summed E-state index contributed by atoms with van der Waals surface area (Å²) >= 11 is 0. The highest BCUT2D eigenvalue weighted by atomic mass is 35.5. The minimum absolute atomic E-state index is 0. The SMILES string of the molecule is CC(c1cccnc1)N1CCN(Cc2noc(CN)n2)CC1.Cl.Cl.Cl. The Morgan fingerprint density at radius 1 is 1.20 bits per heavy atom. The molecule has 1 saturated heterocycles. The Morgan fingerprint density at radius 2 is 1.92 bits per heavy atom. The van der Waals surface area contributed by atoms with E-state index in [9.17, 15) is 0 Å². The molecule has 142 valence electrons. The second-order valence-corrected chi connectivity index (χ2v) is 5.58. The van der Waals surface area contributed by atoms with Gasteiger partial charge < -0.3 is 10.3 Å². The van der Waals surface area contributed by atoms with Crippen molar-refractivity contribution >= 4 is 37.2 Å². The van der Waals surface area contributed by atoms with Crippen LogP contribution >= 0.6 is 37.2 Å². The summed E-state index contributed by atoms with van der Waals surface area (Å²) < 4.78 is 5.04. The summed E-state index contributed by atoms with van der Waals surface area (Å²) in [6.45, 7) is 7.30. The van der Waals surface area contributed by atoms with Crippen molar-refractivity contribution in [3.05, 3.63) is 41.8 Å². The van der Waals surface area contributed by atoms with Gasteiger partial charge >= 0.3 is 0 Å². The van der Waals surface area contributed by atoms with Crippen molar-refractivity contribution < 1.29 is 4.52 Å². The number of piperazine rings is 1. The smallest absolute Gasteiger partial charge is 0.240 e. The molecule has 1 aliphatic rings. The summed E-state index contributed by atoms with van der Waals surface area (Å²) in [5.74, 6) is 1.22. The number of halogens is 3. The Bertz CT molecular complexity index is 592. The number of hydrogen-bond donors (Lipinski definition) is 1. The standard InChI is InChI=1S/C15H22N6O.3ClH/c1-12(13-3-2-4-17-10-13)21-7-5-20(6-8-21)11-14-18-15(9-16)22-19-14;;;/h2-4,10,12H,5-9,11,16H2,1H3;3*1H. The van der Waals surface area contributed by atoms with Gasteiger partial charge in [0.15, 0.2) is 5.82 Å². The highest BCUT2D eigenvalue weighted by Gasteiger charge is 2.23. The first kappa shape index (κ1) is 24.0. The molecule has 1 unspecified atom stereocenters. The van der Waals surface area contributed by atoms with Crippen LogP contribution in [-0.4, -0.2) is 51.1 Å². The molecule has 2 aromatic rings. The van der Waals surface area contributed by atoms with Gasteiger partial charge in [-0.25, -0.2) is 0 Å². The topological polar surface area (TPSA) is 84.3 Å². The first-order valence-electron chi connectivity index (χ1n) is 7.64. The Kier molecular flexibility index (Phi) is 11.2. The summed E-state index contributed by atoms with van der Waals surface area (Å²) in [7, 11) is 0. The van der Waals surface area contributed by atoms with E-state index in [1.54, 1.807) is 0 Å². The normalized spacial score (nSPS) is 16.2. The Balaban J connectivity index is 0.00000192. The summed E-state index contributed by atoms with van der Waals surface area (Å²) in [5, 5.41) is 3.95. The van der Waals surface area contributed by atoms with Gasteiger partial charge in [-0.2, -0.15) is 4.98 Å². The minimum Gasteiger partial charge on any atom is -0.338 e. The maximum absolute atomic E-state index is 5.48. The van der Waals surface area contributed by atoms with Crippen LogP contribution in [0.3, 0.4) is 0 Å². The second-order valence-electron chi connectivity index (χ2n) is 5.58. The summed E-state index contributed by atoms with van der Waals surface area (Å²) in [6, 6.07) is 4.52. The van der Waals surface area contributed by atoms with Crippen LogP contribution in [0.15, 0.2) is 29.0 Å². The highest BCUT2D eigenvalue weighted by molar-refractivity contribution is 5.86. The number of hydrogen-bond acceptors (Lipinski definition) is 7. The van der Waals surface area contributed by atoms with E-state index in [1.165, 1.54) is 5.56 Å². The van der Waals surface area contributed by atoms with Gasteiger partial charge in [0.05, 0.1) is 13.1 Å². The number of rotatable bonds is 5. The lowest BCUT2D eigenvalue weighted by Gasteiger charge is -2.37. The van der Waals surface area contributed by atoms with E-state index in [-0.39, 0.29) is 37.2 Å². The average molecular weight is 412 g/mol. The molecule has 2 aromatic heterocycles. The first-order chi connectivity index (χ1) is 10.8. The quantitative estimate of drug-likeness (QED) is 0.806. The van der Waals surface area contributed by atoms with E-state index in [4.69, 9.17) is 10.3 Å². The fourth-order valence-electron chi connectivity index (χ4n) is 2.78. The third-order valence-corrected chi connectivity index (χ3v) is 4.17. The molecule has 2 N–H and O–H groups in total. The maximum Gasteiger partial charge on any atom is 0.240 e. The Labute approximate surface area is 166 Å². The fourth-order valence-corrected chi connectivity index (χ4v) is 2.78.